The molecule has 15 heteroatoms. The van der Waals surface area contributed by atoms with Gasteiger partial charge in [0.2, 0.25) is 5.95 Å². The van der Waals surface area contributed by atoms with Crippen molar-refractivity contribution in [1.29, 1.82) is 0 Å². The van der Waals surface area contributed by atoms with Gasteiger partial charge in [0.05, 0.1) is 42.8 Å². The van der Waals surface area contributed by atoms with Crippen molar-refractivity contribution in [1.82, 2.24) is 9.97 Å². The van der Waals surface area contributed by atoms with Crippen LogP contribution in [0.25, 0.3) is 11.1 Å². The summed E-state index contributed by atoms with van der Waals surface area (Å²) < 4.78 is 95.0. The summed E-state index contributed by atoms with van der Waals surface area (Å²) in [4.78, 5) is 23.3. The summed E-state index contributed by atoms with van der Waals surface area (Å²) in [5.74, 6) is -0.0684. The predicted octanol–water partition coefficient (Wildman–Crippen LogP) is 9.11. The SMILES string of the molecule is COc1ccc(C(C)C)cc1-c1ccc(N2CCC(C)(O)CC2)cc1CN(Cc1cc(C(F)(F)F)cc(C(F)(F)F)c1)c1ncc(OCCCC(=O)O)cn1. The van der Waals surface area contributed by atoms with Gasteiger partial charge in [-0.3, -0.25) is 4.79 Å². The number of carboxylic acid groups (broad SMARTS) is 1. The highest BCUT2D eigenvalue weighted by Crippen LogP contribution is 2.40. The molecule has 2 heterocycles. The number of aliphatic hydroxyl groups is 1. The highest BCUT2D eigenvalue weighted by molar-refractivity contribution is 5.77. The van der Waals surface area contributed by atoms with Crippen LogP contribution in [-0.2, 0) is 30.2 Å². The van der Waals surface area contributed by atoms with Crippen molar-refractivity contribution in [3.8, 4) is 22.6 Å². The molecule has 0 aliphatic carbocycles. The van der Waals surface area contributed by atoms with Crippen molar-refractivity contribution >= 4 is 17.6 Å². The van der Waals surface area contributed by atoms with Gasteiger partial charge >= 0.3 is 18.3 Å². The van der Waals surface area contributed by atoms with Gasteiger partial charge in [0.25, 0.3) is 0 Å². The van der Waals surface area contributed by atoms with Crippen LogP contribution in [-0.4, -0.2) is 58.6 Å². The van der Waals surface area contributed by atoms with Crippen LogP contribution in [0.3, 0.4) is 0 Å². The molecule has 2 N–H and O–H groups in total. The minimum Gasteiger partial charge on any atom is -0.496 e. The number of benzene rings is 3. The first-order valence-electron chi connectivity index (χ1n) is 17.8. The first kappa shape index (κ1) is 41.1. The average Bonchev–Trinajstić information content (AvgIpc) is 3.12. The quantitative estimate of drug-likeness (QED) is 0.0959. The van der Waals surface area contributed by atoms with Crippen LogP contribution in [0.2, 0.25) is 0 Å². The van der Waals surface area contributed by atoms with E-state index >= 15 is 0 Å². The third kappa shape index (κ3) is 10.8. The lowest BCUT2D eigenvalue weighted by Crippen LogP contribution is -2.42. The molecule has 0 saturated carbocycles. The Labute approximate surface area is 315 Å². The van der Waals surface area contributed by atoms with E-state index in [2.05, 4.69) is 14.9 Å². The fourth-order valence-corrected chi connectivity index (χ4v) is 6.41. The minimum absolute atomic E-state index is 0.00266. The van der Waals surface area contributed by atoms with Gasteiger partial charge < -0.3 is 29.5 Å². The lowest BCUT2D eigenvalue weighted by atomic mass is 9.91. The van der Waals surface area contributed by atoms with Gasteiger partial charge in [-0.1, -0.05) is 26.0 Å². The number of aliphatic carboxylic acids is 1. The standard InChI is InChI=1S/C40H44F6N4O5/c1-25(2)27-7-10-35(54-4)34(19-27)33-9-8-31(49-13-11-38(3,53)12-14-49)18-28(33)24-50(37-47-21-32(22-48-37)55-15-5-6-36(51)52)23-26-16-29(39(41,42)43)20-30(17-26)40(44,45)46/h7-10,16-22,25,53H,5-6,11-15,23-24H2,1-4H3,(H,51,52). The molecule has 1 aromatic heterocycles. The third-order valence-corrected chi connectivity index (χ3v) is 9.56. The second-order valence-electron chi connectivity index (χ2n) is 14.3. The van der Waals surface area contributed by atoms with E-state index in [-0.39, 0.29) is 55.2 Å². The van der Waals surface area contributed by atoms with Crippen molar-refractivity contribution < 1.29 is 50.8 Å². The van der Waals surface area contributed by atoms with Gasteiger partial charge in [0.15, 0.2) is 5.75 Å². The maximum absolute atomic E-state index is 13.9. The van der Waals surface area contributed by atoms with Crippen molar-refractivity contribution in [2.24, 2.45) is 0 Å². The van der Waals surface area contributed by atoms with E-state index in [4.69, 9.17) is 14.6 Å². The van der Waals surface area contributed by atoms with E-state index in [1.807, 2.05) is 50.2 Å². The summed E-state index contributed by atoms with van der Waals surface area (Å²) >= 11 is 0. The molecule has 9 nitrogen and oxygen atoms in total. The van der Waals surface area contributed by atoms with Crippen LogP contribution in [0.4, 0.5) is 38.0 Å². The number of alkyl halides is 6. The lowest BCUT2D eigenvalue weighted by Gasteiger charge is -2.37. The molecule has 0 atom stereocenters. The molecule has 55 heavy (non-hydrogen) atoms. The second kappa shape index (κ2) is 16.8. The van der Waals surface area contributed by atoms with Gasteiger partial charge in [0.1, 0.15) is 5.75 Å². The number of carbonyl (C=O) groups is 1. The molecule has 0 unspecified atom stereocenters. The van der Waals surface area contributed by atoms with E-state index in [0.29, 0.717) is 49.4 Å². The van der Waals surface area contributed by atoms with Crippen LogP contribution >= 0.6 is 0 Å². The number of nitrogens with zero attached hydrogens (tertiary/aromatic N) is 4. The lowest BCUT2D eigenvalue weighted by molar-refractivity contribution is -0.143. The molecule has 1 aliphatic rings. The number of carboxylic acids is 1. The largest absolute Gasteiger partial charge is 0.496 e. The Bertz CT molecular complexity index is 1910. The van der Waals surface area contributed by atoms with Crippen molar-refractivity contribution in [2.75, 3.05) is 36.6 Å². The Morgan fingerprint density at radius 3 is 2.11 bits per heavy atom. The normalized spacial score (nSPS) is 14.6. The summed E-state index contributed by atoms with van der Waals surface area (Å²) in [6.45, 7) is 6.56. The molecule has 1 fully saturated rings. The van der Waals surface area contributed by atoms with Crippen LogP contribution in [0.15, 0.2) is 67.0 Å². The zero-order valence-electron chi connectivity index (χ0n) is 31.0. The molecule has 3 aromatic carbocycles. The molecule has 5 rings (SSSR count). The number of hydrogen-bond donors (Lipinski definition) is 2. The fourth-order valence-electron chi connectivity index (χ4n) is 6.41. The number of aromatic nitrogens is 2. The Kier molecular flexibility index (Phi) is 12.5. The average molecular weight is 775 g/mol. The number of methoxy groups -OCH3 is 1. The Morgan fingerprint density at radius 1 is 0.909 bits per heavy atom. The minimum atomic E-state index is -5.05. The Morgan fingerprint density at radius 2 is 1.55 bits per heavy atom. The number of anilines is 2. The molecule has 1 aliphatic heterocycles. The van der Waals surface area contributed by atoms with E-state index in [1.165, 1.54) is 17.3 Å². The molecule has 0 bridgehead atoms. The van der Waals surface area contributed by atoms with Crippen LogP contribution in [0, 0.1) is 0 Å². The number of hydrogen-bond acceptors (Lipinski definition) is 8. The van der Waals surface area contributed by atoms with E-state index < -0.39 is 41.6 Å². The Balaban J connectivity index is 1.63. The molecule has 0 radical (unpaired) electrons. The molecule has 0 amide bonds. The van der Waals surface area contributed by atoms with Gasteiger partial charge in [-0.2, -0.15) is 26.3 Å². The van der Waals surface area contributed by atoms with Crippen LogP contribution in [0.1, 0.15) is 80.2 Å². The monoisotopic (exact) mass is 774 g/mol. The van der Waals surface area contributed by atoms with Crippen molar-refractivity contribution in [3.05, 3.63) is 94.8 Å². The molecule has 0 spiro atoms. The van der Waals surface area contributed by atoms with Gasteiger partial charge in [-0.05, 0) is 96.8 Å². The molecular weight excluding hydrogens is 730 g/mol. The first-order chi connectivity index (χ1) is 25.8. The third-order valence-electron chi connectivity index (χ3n) is 9.56. The van der Waals surface area contributed by atoms with Gasteiger partial charge in [-0.15, -0.1) is 0 Å². The van der Waals surface area contributed by atoms with Gasteiger partial charge in [-0.25, -0.2) is 9.97 Å². The number of piperidine rings is 1. The molecule has 4 aromatic rings. The van der Waals surface area contributed by atoms with Gasteiger partial charge in [0, 0.05) is 43.9 Å². The topological polar surface area (TPSA) is 108 Å². The first-order valence-corrected chi connectivity index (χ1v) is 17.8. The number of halogens is 6. The predicted molar refractivity (Wildman–Crippen MR) is 195 cm³/mol. The summed E-state index contributed by atoms with van der Waals surface area (Å²) in [7, 11) is 1.54. The second-order valence-corrected chi connectivity index (χ2v) is 14.3. The summed E-state index contributed by atoms with van der Waals surface area (Å²) in [6, 6.07) is 13.1. The summed E-state index contributed by atoms with van der Waals surface area (Å²) in [5.41, 5.74) is -0.0138. The Hall–Kier alpha value is -5.05. The smallest absolute Gasteiger partial charge is 0.416 e. The fraction of sp³-hybridized carbons (Fsp3) is 0.425. The van der Waals surface area contributed by atoms with Crippen molar-refractivity contribution in [2.45, 2.75) is 83.4 Å². The highest BCUT2D eigenvalue weighted by atomic mass is 19.4. The number of ether oxygens (including phenoxy) is 2. The maximum Gasteiger partial charge on any atom is 0.416 e. The van der Waals surface area contributed by atoms with Crippen LogP contribution in [0.5, 0.6) is 11.5 Å². The van der Waals surface area contributed by atoms with Crippen LogP contribution < -0.4 is 19.3 Å². The molecular formula is C40H44F6N4O5. The van der Waals surface area contributed by atoms with E-state index in [0.717, 1.165) is 22.4 Å². The van der Waals surface area contributed by atoms with E-state index in [9.17, 15) is 36.2 Å². The maximum atomic E-state index is 13.9. The zero-order chi connectivity index (χ0) is 40.1. The number of rotatable bonds is 14. The van der Waals surface area contributed by atoms with E-state index in [1.54, 1.807) is 14.0 Å². The highest BCUT2D eigenvalue weighted by Gasteiger charge is 2.37. The molecule has 1 saturated heterocycles. The summed E-state index contributed by atoms with van der Waals surface area (Å²) in [6.07, 6.45) is -6.32. The summed E-state index contributed by atoms with van der Waals surface area (Å²) in [5, 5.41) is 19.5. The zero-order valence-corrected chi connectivity index (χ0v) is 31.0. The van der Waals surface area contributed by atoms with Crippen molar-refractivity contribution in [3.63, 3.8) is 0 Å². The molecule has 296 valence electrons.